The van der Waals surface area contributed by atoms with Crippen LogP contribution in [0, 0.1) is 0 Å². The Morgan fingerprint density at radius 2 is 1.86 bits per heavy atom. The van der Waals surface area contributed by atoms with Gasteiger partial charge >= 0.3 is 0 Å². The topological polar surface area (TPSA) is 46.9 Å². The van der Waals surface area contributed by atoms with E-state index < -0.39 is 11.7 Å². The zero-order valence-corrected chi connectivity index (χ0v) is 14.6. The van der Waals surface area contributed by atoms with E-state index in [0.29, 0.717) is 6.54 Å². The van der Waals surface area contributed by atoms with Gasteiger partial charge in [-0.2, -0.15) is 0 Å². The summed E-state index contributed by atoms with van der Waals surface area (Å²) < 4.78 is 0.953. The van der Waals surface area contributed by atoms with Gasteiger partial charge < -0.3 is 15.1 Å². The number of aliphatic hydroxyl groups is 2. The molecule has 2 N–H and O–H groups in total. The van der Waals surface area contributed by atoms with Crippen LogP contribution in [0.2, 0.25) is 0 Å². The van der Waals surface area contributed by atoms with E-state index in [1.54, 1.807) is 6.92 Å². The summed E-state index contributed by atoms with van der Waals surface area (Å²) in [6.45, 7) is 10.0. The fraction of sp³-hybridized carbons (Fsp3) is 0.625. The third-order valence-corrected chi connectivity index (χ3v) is 4.47. The highest BCUT2D eigenvalue weighted by molar-refractivity contribution is 9.10. The molecule has 21 heavy (non-hydrogen) atoms. The standard InChI is InChI=1S/C16H25BrN2O2/c1-12(20)14-5-4-13(10-15(14)17)19-8-6-18(7-9-19)11-16(2,3)21/h4-5,10,12,20-21H,6-9,11H2,1-3H3/t12-/m1/s1. The molecule has 0 bridgehead atoms. The van der Waals surface area contributed by atoms with E-state index in [0.717, 1.165) is 36.2 Å². The van der Waals surface area contributed by atoms with Gasteiger partial charge in [0.2, 0.25) is 0 Å². The molecule has 1 aromatic carbocycles. The first kappa shape index (κ1) is 16.7. The molecule has 1 aliphatic heterocycles. The van der Waals surface area contributed by atoms with Crippen molar-refractivity contribution in [3.05, 3.63) is 28.2 Å². The molecule has 0 unspecified atom stereocenters. The van der Waals surface area contributed by atoms with E-state index in [4.69, 9.17) is 0 Å². The Kier molecular flexibility index (Phi) is 5.30. The van der Waals surface area contributed by atoms with E-state index >= 15 is 0 Å². The van der Waals surface area contributed by atoms with Crippen molar-refractivity contribution in [1.82, 2.24) is 4.90 Å². The van der Waals surface area contributed by atoms with E-state index in [1.807, 2.05) is 19.9 Å². The largest absolute Gasteiger partial charge is 0.389 e. The fourth-order valence-corrected chi connectivity index (χ4v) is 3.46. The van der Waals surface area contributed by atoms with Crippen molar-refractivity contribution in [3.63, 3.8) is 0 Å². The molecule has 0 saturated carbocycles. The maximum absolute atomic E-state index is 9.89. The Labute approximate surface area is 135 Å². The van der Waals surface area contributed by atoms with Crippen LogP contribution < -0.4 is 4.90 Å². The molecule has 1 fully saturated rings. The van der Waals surface area contributed by atoms with Gasteiger partial charge in [0.15, 0.2) is 0 Å². The lowest BCUT2D eigenvalue weighted by molar-refractivity contribution is 0.0345. The molecular formula is C16H25BrN2O2. The second kappa shape index (κ2) is 6.65. The minimum Gasteiger partial charge on any atom is -0.389 e. The van der Waals surface area contributed by atoms with Crippen LogP contribution in [0.15, 0.2) is 22.7 Å². The highest BCUT2D eigenvalue weighted by atomic mass is 79.9. The van der Waals surface area contributed by atoms with Crippen LogP contribution >= 0.6 is 15.9 Å². The molecule has 118 valence electrons. The van der Waals surface area contributed by atoms with Crippen molar-refractivity contribution in [2.24, 2.45) is 0 Å². The highest BCUT2D eigenvalue weighted by Gasteiger charge is 2.23. The molecule has 0 spiro atoms. The number of hydrogen-bond donors (Lipinski definition) is 2. The summed E-state index contributed by atoms with van der Waals surface area (Å²) >= 11 is 3.54. The number of piperazine rings is 1. The van der Waals surface area contributed by atoms with Crippen LogP contribution in [-0.2, 0) is 0 Å². The van der Waals surface area contributed by atoms with Gasteiger partial charge in [0, 0.05) is 42.9 Å². The molecule has 0 amide bonds. The van der Waals surface area contributed by atoms with Gasteiger partial charge in [0.1, 0.15) is 0 Å². The Bertz CT molecular complexity index is 478. The maximum Gasteiger partial charge on any atom is 0.0772 e. The number of halogens is 1. The number of nitrogens with zero attached hydrogens (tertiary/aromatic N) is 2. The Balaban J connectivity index is 1.98. The van der Waals surface area contributed by atoms with Gasteiger partial charge in [-0.25, -0.2) is 0 Å². The average molecular weight is 357 g/mol. The third-order valence-electron chi connectivity index (χ3n) is 3.78. The van der Waals surface area contributed by atoms with Crippen LogP contribution in [0.3, 0.4) is 0 Å². The summed E-state index contributed by atoms with van der Waals surface area (Å²) in [5.74, 6) is 0. The van der Waals surface area contributed by atoms with Crippen LogP contribution in [-0.4, -0.2) is 53.4 Å². The quantitative estimate of drug-likeness (QED) is 0.869. The van der Waals surface area contributed by atoms with Crippen LogP contribution in [0.25, 0.3) is 0 Å². The van der Waals surface area contributed by atoms with Gasteiger partial charge in [0.25, 0.3) is 0 Å². The summed E-state index contributed by atoms with van der Waals surface area (Å²) in [4.78, 5) is 4.65. The first-order valence-electron chi connectivity index (χ1n) is 7.43. The Morgan fingerprint density at radius 1 is 1.24 bits per heavy atom. The first-order valence-corrected chi connectivity index (χ1v) is 8.23. The first-order chi connectivity index (χ1) is 9.76. The highest BCUT2D eigenvalue weighted by Crippen LogP contribution is 2.28. The summed E-state index contributed by atoms with van der Waals surface area (Å²) in [6, 6.07) is 6.12. The van der Waals surface area contributed by atoms with Gasteiger partial charge in [-0.3, -0.25) is 4.90 Å². The van der Waals surface area contributed by atoms with Crippen LogP contribution in [0.4, 0.5) is 5.69 Å². The number of aliphatic hydroxyl groups excluding tert-OH is 1. The summed E-state index contributed by atoms with van der Waals surface area (Å²) in [6.07, 6.45) is -0.461. The zero-order valence-electron chi connectivity index (χ0n) is 13.0. The predicted octanol–water partition coefficient (Wildman–Crippen LogP) is 2.40. The monoisotopic (exact) mass is 356 g/mol. The third kappa shape index (κ3) is 4.68. The van der Waals surface area contributed by atoms with Crippen molar-refractivity contribution in [2.45, 2.75) is 32.5 Å². The molecule has 1 aliphatic rings. The fourth-order valence-electron chi connectivity index (χ4n) is 2.76. The molecular weight excluding hydrogens is 332 g/mol. The number of anilines is 1. The summed E-state index contributed by atoms with van der Waals surface area (Å²) in [5, 5.41) is 19.6. The molecule has 0 aromatic heterocycles. The lowest BCUT2D eigenvalue weighted by atomic mass is 10.1. The number of rotatable bonds is 4. The SMILES string of the molecule is C[C@@H](O)c1ccc(N2CCN(CC(C)(C)O)CC2)cc1Br. The zero-order chi connectivity index (χ0) is 15.6. The van der Waals surface area contributed by atoms with Gasteiger partial charge in [-0.15, -0.1) is 0 Å². The average Bonchev–Trinajstić information content (AvgIpc) is 2.37. The van der Waals surface area contributed by atoms with Crippen molar-refractivity contribution in [2.75, 3.05) is 37.6 Å². The lowest BCUT2D eigenvalue weighted by Crippen LogP contribution is -2.50. The molecule has 4 nitrogen and oxygen atoms in total. The number of benzene rings is 1. The maximum atomic E-state index is 9.89. The molecule has 1 heterocycles. The molecule has 1 saturated heterocycles. The minimum atomic E-state index is -0.635. The molecule has 0 radical (unpaired) electrons. The smallest absolute Gasteiger partial charge is 0.0772 e. The summed E-state index contributed by atoms with van der Waals surface area (Å²) in [7, 11) is 0. The summed E-state index contributed by atoms with van der Waals surface area (Å²) in [5.41, 5.74) is 1.46. The Hall–Kier alpha value is -0.620. The van der Waals surface area contributed by atoms with E-state index in [-0.39, 0.29) is 0 Å². The number of hydrogen-bond acceptors (Lipinski definition) is 4. The van der Waals surface area contributed by atoms with Crippen molar-refractivity contribution in [3.8, 4) is 0 Å². The van der Waals surface area contributed by atoms with Crippen LogP contribution in [0.1, 0.15) is 32.4 Å². The molecule has 2 rings (SSSR count). The van der Waals surface area contributed by atoms with Gasteiger partial charge in [-0.1, -0.05) is 22.0 Å². The van der Waals surface area contributed by atoms with Crippen LogP contribution in [0.5, 0.6) is 0 Å². The van der Waals surface area contributed by atoms with Crippen molar-refractivity contribution >= 4 is 21.6 Å². The molecule has 1 aromatic rings. The number of β-amino-alcohol motifs (C(OH)–C–C–N with tert-alkyl or cyclic N) is 1. The molecule has 1 atom stereocenters. The van der Waals surface area contributed by atoms with E-state index in [2.05, 4.69) is 37.9 Å². The van der Waals surface area contributed by atoms with Gasteiger partial charge in [0.05, 0.1) is 11.7 Å². The second-order valence-corrected chi connectivity index (χ2v) is 7.31. The predicted molar refractivity (Wildman–Crippen MR) is 89.7 cm³/mol. The van der Waals surface area contributed by atoms with Gasteiger partial charge in [-0.05, 0) is 38.5 Å². The van der Waals surface area contributed by atoms with E-state index in [9.17, 15) is 10.2 Å². The Morgan fingerprint density at radius 3 is 2.33 bits per heavy atom. The lowest BCUT2D eigenvalue weighted by Gasteiger charge is -2.38. The molecule has 5 heteroatoms. The second-order valence-electron chi connectivity index (χ2n) is 6.46. The van der Waals surface area contributed by atoms with Crippen molar-refractivity contribution in [1.29, 1.82) is 0 Å². The minimum absolute atomic E-state index is 0.461. The van der Waals surface area contributed by atoms with Crippen molar-refractivity contribution < 1.29 is 10.2 Å². The molecule has 0 aliphatic carbocycles. The normalized spacial score (nSPS) is 18.9. The van der Waals surface area contributed by atoms with E-state index in [1.165, 1.54) is 5.69 Å².